The summed E-state index contributed by atoms with van der Waals surface area (Å²) in [5.74, 6) is 0.351. The van der Waals surface area contributed by atoms with Gasteiger partial charge in [-0.05, 0) is 24.3 Å². The first-order chi connectivity index (χ1) is 16.0. The monoisotopic (exact) mass is 466 g/mol. The second kappa shape index (κ2) is 9.95. The molecule has 0 spiro atoms. The van der Waals surface area contributed by atoms with Crippen LogP contribution in [0.4, 0.5) is 11.4 Å². The van der Waals surface area contributed by atoms with Crippen LogP contribution in [-0.2, 0) is 10.4 Å². The van der Waals surface area contributed by atoms with Crippen molar-refractivity contribution in [3.63, 3.8) is 0 Å². The Balaban J connectivity index is 1.64. The molecule has 8 nitrogen and oxygen atoms in total. The maximum atomic E-state index is 12.9. The first-order valence-electron chi connectivity index (χ1n) is 10.6. The Kier molecular flexibility index (Phi) is 6.83. The van der Waals surface area contributed by atoms with Gasteiger partial charge in [-0.3, -0.25) is 0 Å². The normalized spacial score (nSPS) is 11.5. The second-order valence-corrected chi connectivity index (χ2v) is 8.47. The van der Waals surface area contributed by atoms with Crippen LogP contribution in [-0.4, -0.2) is 34.6 Å². The maximum absolute atomic E-state index is 12.9. The van der Waals surface area contributed by atoms with E-state index in [1.807, 2.05) is 36.4 Å². The van der Waals surface area contributed by atoms with Gasteiger partial charge in [0, 0.05) is 59.1 Å². The standard InChI is InChI=1S/C24H26N4O4S/c25-13-15-27-21-9-1-7-19-17(21)5-3-11-23(19)31-33(29,30)32-24-12-4-6-18-20(24)8-2-10-22(18)28-16-14-26/h1-12,27-28H,13-16,25-26H2. The van der Waals surface area contributed by atoms with Gasteiger partial charge in [0.2, 0.25) is 0 Å². The van der Waals surface area contributed by atoms with Gasteiger partial charge in [0.05, 0.1) is 0 Å². The Hall–Kier alpha value is -3.53. The number of nitrogens with one attached hydrogen (secondary N) is 2. The van der Waals surface area contributed by atoms with Crippen LogP contribution < -0.4 is 30.5 Å². The van der Waals surface area contributed by atoms with E-state index in [1.54, 1.807) is 36.4 Å². The van der Waals surface area contributed by atoms with Gasteiger partial charge in [-0.1, -0.05) is 48.5 Å². The minimum absolute atomic E-state index is 0.175. The van der Waals surface area contributed by atoms with Crippen LogP contribution in [0, 0.1) is 0 Å². The lowest BCUT2D eigenvalue weighted by Gasteiger charge is -2.14. The molecular weight excluding hydrogens is 440 g/mol. The molecule has 0 bridgehead atoms. The van der Waals surface area contributed by atoms with E-state index in [0.29, 0.717) is 37.0 Å². The SMILES string of the molecule is NCCNc1cccc2c(OS(=O)(=O)Oc3cccc4c(NCCN)cccc34)cccc12. The van der Waals surface area contributed by atoms with Gasteiger partial charge >= 0.3 is 10.4 Å². The first-order valence-corrected chi connectivity index (χ1v) is 11.9. The van der Waals surface area contributed by atoms with Gasteiger partial charge in [0.25, 0.3) is 0 Å². The van der Waals surface area contributed by atoms with E-state index < -0.39 is 10.4 Å². The quantitative estimate of drug-likeness (QED) is 0.280. The van der Waals surface area contributed by atoms with Crippen molar-refractivity contribution in [2.75, 3.05) is 36.8 Å². The highest BCUT2D eigenvalue weighted by Crippen LogP contribution is 2.34. The van der Waals surface area contributed by atoms with Gasteiger partial charge < -0.3 is 30.5 Å². The number of hydrogen-bond acceptors (Lipinski definition) is 8. The van der Waals surface area contributed by atoms with Gasteiger partial charge in [-0.15, -0.1) is 8.42 Å². The minimum Gasteiger partial charge on any atom is -0.383 e. The Morgan fingerprint density at radius 2 is 1.00 bits per heavy atom. The van der Waals surface area contributed by atoms with Gasteiger partial charge in [-0.25, -0.2) is 0 Å². The van der Waals surface area contributed by atoms with Crippen molar-refractivity contribution >= 4 is 43.3 Å². The van der Waals surface area contributed by atoms with Crippen molar-refractivity contribution < 1.29 is 16.8 Å². The molecule has 4 aromatic carbocycles. The van der Waals surface area contributed by atoms with E-state index in [0.717, 1.165) is 22.1 Å². The van der Waals surface area contributed by atoms with Crippen LogP contribution in [0.1, 0.15) is 0 Å². The molecule has 0 aliphatic heterocycles. The highest BCUT2D eigenvalue weighted by molar-refractivity contribution is 7.82. The molecule has 9 heteroatoms. The fourth-order valence-electron chi connectivity index (χ4n) is 3.67. The molecule has 6 N–H and O–H groups in total. The predicted octanol–water partition coefficient (Wildman–Crippen LogP) is 3.44. The molecule has 0 heterocycles. The number of nitrogens with two attached hydrogens (primary N) is 2. The van der Waals surface area contributed by atoms with Crippen molar-refractivity contribution in [1.29, 1.82) is 0 Å². The molecule has 0 radical (unpaired) electrons. The predicted molar refractivity (Wildman–Crippen MR) is 133 cm³/mol. The van der Waals surface area contributed by atoms with Crippen molar-refractivity contribution in [2.45, 2.75) is 0 Å². The summed E-state index contributed by atoms with van der Waals surface area (Å²) in [6.07, 6.45) is 0. The summed E-state index contributed by atoms with van der Waals surface area (Å²) in [5, 5.41) is 9.38. The molecule has 0 aromatic heterocycles. The first kappa shape index (κ1) is 22.7. The topological polar surface area (TPSA) is 129 Å². The minimum atomic E-state index is -4.41. The van der Waals surface area contributed by atoms with Crippen molar-refractivity contribution in [3.05, 3.63) is 72.8 Å². The summed E-state index contributed by atoms with van der Waals surface area (Å²) >= 11 is 0. The highest BCUT2D eigenvalue weighted by atomic mass is 32.3. The summed E-state index contributed by atoms with van der Waals surface area (Å²) in [5.41, 5.74) is 12.9. The summed E-state index contributed by atoms with van der Waals surface area (Å²) in [6.45, 7) is 2.14. The molecular formula is C24H26N4O4S. The Morgan fingerprint density at radius 1 is 0.606 bits per heavy atom. The van der Waals surface area contributed by atoms with E-state index in [9.17, 15) is 8.42 Å². The molecule has 0 saturated heterocycles. The fourth-order valence-corrected chi connectivity index (χ4v) is 4.43. The number of fused-ring (bicyclic) bond motifs is 2. The Labute approximate surface area is 192 Å². The zero-order chi connectivity index (χ0) is 23.3. The van der Waals surface area contributed by atoms with Crippen LogP contribution >= 0.6 is 0 Å². The molecule has 33 heavy (non-hydrogen) atoms. The Bertz CT molecular complexity index is 1280. The molecule has 0 fully saturated rings. The smallest absolute Gasteiger partial charge is 0.383 e. The summed E-state index contributed by atoms with van der Waals surface area (Å²) in [4.78, 5) is 0. The van der Waals surface area contributed by atoms with Crippen LogP contribution in [0.15, 0.2) is 72.8 Å². The molecule has 0 aliphatic carbocycles. The fraction of sp³-hybridized carbons (Fsp3) is 0.167. The maximum Gasteiger partial charge on any atom is 0.501 e. The van der Waals surface area contributed by atoms with Crippen LogP contribution in [0.25, 0.3) is 21.5 Å². The van der Waals surface area contributed by atoms with Crippen LogP contribution in [0.5, 0.6) is 11.5 Å². The van der Waals surface area contributed by atoms with E-state index in [4.69, 9.17) is 19.8 Å². The second-order valence-electron chi connectivity index (χ2n) is 7.32. The third kappa shape index (κ3) is 5.11. The van der Waals surface area contributed by atoms with Crippen LogP contribution in [0.2, 0.25) is 0 Å². The zero-order valence-electron chi connectivity index (χ0n) is 18.0. The molecule has 4 rings (SSSR count). The highest BCUT2D eigenvalue weighted by Gasteiger charge is 2.20. The lowest BCUT2D eigenvalue weighted by molar-refractivity contribution is 0.396. The summed E-state index contributed by atoms with van der Waals surface area (Å²) < 4.78 is 36.5. The molecule has 4 aromatic rings. The van der Waals surface area contributed by atoms with Crippen LogP contribution in [0.3, 0.4) is 0 Å². The van der Waals surface area contributed by atoms with E-state index in [-0.39, 0.29) is 11.5 Å². The van der Waals surface area contributed by atoms with E-state index in [2.05, 4.69) is 10.6 Å². The summed E-state index contributed by atoms with van der Waals surface area (Å²) in [7, 11) is -4.41. The molecule has 0 aliphatic rings. The van der Waals surface area contributed by atoms with E-state index >= 15 is 0 Å². The third-order valence-corrected chi connectivity index (χ3v) is 5.83. The zero-order valence-corrected chi connectivity index (χ0v) is 18.8. The number of anilines is 2. The number of rotatable bonds is 10. The molecule has 0 amide bonds. The summed E-state index contributed by atoms with van der Waals surface area (Å²) in [6, 6.07) is 21.4. The van der Waals surface area contributed by atoms with Gasteiger partial charge in [-0.2, -0.15) is 0 Å². The molecule has 0 saturated carbocycles. The molecule has 0 unspecified atom stereocenters. The largest absolute Gasteiger partial charge is 0.501 e. The van der Waals surface area contributed by atoms with Crippen molar-refractivity contribution in [3.8, 4) is 11.5 Å². The molecule has 0 atom stereocenters. The third-order valence-electron chi connectivity index (χ3n) is 5.07. The lowest BCUT2D eigenvalue weighted by atomic mass is 10.1. The van der Waals surface area contributed by atoms with Crippen molar-refractivity contribution in [1.82, 2.24) is 0 Å². The number of benzene rings is 4. The Morgan fingerprint density at radius 3 is 1.42 bits per heavy atom. The average Bonchev–Trinajstić information content (AvgIpc) is 2.81. The average molecular weight is 467 g/mol. The lowest BCUT2D eigenvalue weighted by Crippen LogP contribution is -2.17. The van der Waals surface area contributed by atoms with E-state index in [1.165, 1.54) is 0 Å². The van der Waals surface area contributed by atoms with Crippen molar-refractivity contribution in [2.24, 2.45) is 11.5 Å². The molecule has 172 valence electrons. The van der Waals surface area contributed by atoms with Gasteiger partial charge in [0.15, 0.2) is 11.5 Å². The van der Waals surface area contributed by atoms with Gasteiger partial charge in [0.1, 0.15) is 0 Å². The number of hydrogen-bond donors (Lipinski definition) is 4.